The number of nitrogens with zero attached hydrogens (tertiary/aromatic N) is 2. The molecule has 2 aromatic heterocycles. The molecule has 6 aromatic rings. The molecule has 0 spiro atoms. The summed E-state index contributed by atoms with van der Waals surface area (Å²) in [6.45, 7) is 4.79. The minimum absolute atomic E-state index is 0.837. The highest BCUT2D eigenvalue weighted by Crippen LogP contribution is 2.45. The van der Waals surface area contributed by atoms with Crippen LogP contribution in [0.15, 0.2) is 104 Å². The molecule has 0 saturated heterocycles. The van der Waals surface area contributed by atoms with E-state index in [1.54, 1.807) is 14.2 Å². The highest BCUT2D eigenvalue weighted by molar-refractivity contribution is 6.11. The topological polar surface area (TPSA) is 28.3 Å². The predicted octanol–water partition coefficient (Wildman–Crippen LogP) is 8.08. The number of benzene rings is 4. The summed E-state index contributed by atoms with van der Waals surface area (Å²) in [5.74, 6) is 1.67. The monoisotopic (exact) mass is 498 g/mol. The summed E-state index contributed by atoms with van der Waals surface area (Å²) in [6, 6.07) is 33.7. The van der Waals surface area contributed by atoms with Crippen molar-refractivity contribution in [2.24, 2.45) is 14.1 Å². The van der Waals surface area contributed by atoms with Crippen LogP contribution in [-0.2, 0) is 14.1 Å². The van der Waals surface area contributed by atoms with Gasteiger partial charge in [0, 0.05) is 47.0 Å². The average molecular weight is 499 g/mol. The Balaban J connectivity index is 1.66. The van der Waals surface area contributed by atoms with E-state index >= 15 is 0 Å². The van der Waals surface area contributed by atoms with Gasteiger partial charge < -0.3 is 18.6 Å². The minimum atomic E-state index is 0.837. The van der Waals surface area contributed by atoms with E-state index in [0.29, 0.717) is 0 Å². The van der Waals surface area contributed by atoms with Gasteiger partial charge in [0.25, 0.3) is 0 Å². The van der Waals surface area contributed by atoms with Crippen molar-refractivity contribution in [2.45, 2.75) is 0 Å². The Labute approximate surface area is 223 Å². The van der Waals surface area contributed by atoms with Crippen molar-refractivity contribution in [1.82, 2.24) is 9.13 Å². The molecule has 0 bridgehead atoms. The van der Waals surface area contributed by atoms with Crippen LogP contribution >= 0.6 is 0 Å². The molecular formula is C34H30N2O2. The largest absolute Gasteiger partial charge is 0.497 e. The highest BCUT2D eigenvalue weighted by Gasteiger charge is 2.25. The fraction of sp³-hybridized carbons (Fsp3) is 0.118. The second-order valence-corrected chi connectivity index (χ2v) is 9.54. The number of hydrogen-bond acceptors (Lipinski definition) is 2. The molecule has 0 fully saturated rings. The SMILES string of the molecule is C=C(c1c(-c2ccc(OC)cc2)n(C)c2ccccc12)c1c(-c2ccc(OC)cc2)n(C)c2ccccc12. The summed E-state index contributed by atoms with van der Waals surface area (Å²) in [6.07, 6.45) is 0. The van der Waals surface area contributed by atoms with Gasteiger partial charge in [0.15, 0.2) is 0 Å². The maximum absolute atomic E-state index is 5.44. The van der Waals surface area contributed by atoms with Gasteiger partial charge in [-0.1, -0.05) is 43.0 Å². The maximum Gasteiger partial charge on any atom is 0.118 e. The number of hydrogen-bond donors (Lipinski definition) is 0. The molecule has 0 radical (unpaired) electrons. The van der Waals surface area contributed by atoms with Gasteiger partial charge in [-0.05, 0) is 77.4 Å². The fourth-order valence-corrected chi connectivity index (χ4v) is 5.70. The molecule has 0 aliphatic heterocycles. The van der Waals surface area contributed by atoms with Gasteiger partial charge in [-0.3, -0.25) is 0 Å². The zero-order valence-electron chi connectivity index (χ0n) is 22.2. The third kappa shape index (κ3) is 3.60. The summed E-state index contributed by atoms with van der Waals surface area (Å²) in [5, 5.41) is 2.36. The molecule has 0 atom stereocenters. The van der Waals surface area contributed by atoms with Crippen molar-refractivity contribution in [2.75, 3.05) is 14.2 Å². The van der Waals surface area contributed by atoms with Gasteiger partial charge >= 0.3 is 0 Å². The Bertz CT molecular complexity index is 1670. The molecule has 38 heavy (non-hydrogen) atoms. The zero-order chi connectivity index (χ0) is 26.4. The molecule has 2 heterocycles. The number of aromatic nitrogens is 2. The van der Waals surface area contributed by atoms with Crippen molar-refractivity contribution in [3.05, 3.63) is 115 Å². The molecule has 4 nitrogen and oxygen atoms in total. The molecule has 0 amide bonds. The molecule has 4 heteroatoms. The predicted molar refractivity (Wildman–Crippen MR) is 158 cm³/mol. The second kappa shape index (κ2) is 9.31. The van der Waals surface area contributed by atoms with Gasteiger partial charge in [-0.25, -0.2) is 0 Å². The Hall–Kier alpha value is -4.70. The molecule has 0 unspecified atom stereocenters. The first-order chi connectivity index (χ1) is 18.5. The van der Waals surface area contributed by atoms with Crippen LogP contribution < -0.4 is 9.47 Å². The summed E-state index contributed by atoms with van der Waals surface area (Å²) < 4.78 is 15.4. The molecule has 0 aliphatic carbocycles. The lowest BCUT2D eigenvalue weighted by Gasteiger charge is -2.14. The van der Waals surface area contributed by atoms with E-state index in [4.69, 9.17) is 16.1 Å². The second-order valence-electron chi connectivity index (χ2n) is 9.54. The lowest BCUT2D eigenvalue weighted by atomic mass is 9.91. The van der Waals surface area contributed by atoms with E-state index in [0.717, 1.165) is 50.7 Å². The molecule has 0 saturated carbocycles. The van der Waals surface area contributed by atoms with Crippen molar-refractivity contribution >= 4 is 27.4 Å². The van der Waals surface area contributed by atoms with Crippen LogP contribution in [0.1, 0.15) is 11.1 Å². The normalized spacial score (nSPS) is 11.3. The Morgan fingerprint density at radius 1 is 0.553 bits per heavy atom. The number of para-hydroxylation sites is 2. The third-order valence-corrected chi connectivity index (χ3v) is 7.54. The van der Waals surface area contributed by atoms with E-state index in [-0.39, 0.29) is 0 Å². The summed E-state index contributed by atoms with van der Waals surface area (Å²) in [7, 11) is 7.65. The zero-order valence-corrected chi connectivity index (χ0v) is 22.2. The molecule has 0 aliphatic rings. The maximum atomic E-state index is 5.44. The van der Waals surface area contributed by atoms with E-state index in [2.05, 4.69) is 96.0 Å². The quantitative estimate of drug-likeness (QED) is 0.232. The number of fused-ring (bicyclic) bond motifs is 2. The van der Waals surface area contributed by atoms with E-state index < -0.39 is 0 Å². The smallest absolute Gasteiger partial charge is 0.118 e. The van der Waals surface area contributed by atoms with E-state index in [1.807, 2.05) is 24.3 Å². The molecule has 6 rings (SSSR count). The van der Waals surface area contributed by atoms with Crippen molar-refractivity contribution in [3.8, 4) is 34.0 Å². The fourth-order valence-electron chi connectivity index (χ4n) is 5.70. The molecular weight excluding hydrogens is 468 g/mol. The van der Waals surface area contributed by atoms with Gasteiger partial charge in [-0.2, -0.15) is 0 Å². The number of ether oxygens (including phenoxy) is 2. The number of aryl methyl sites for hydroxylation is 2. The lowest BCUT2D eigenvalue weighted by molar-refractivity contribution is 0.415. The lowest BCUT2D eigenvalue weighted by Crippen LogP contribution is -1.97. The summed E-state index contributed by atoms with van der Waals surface area (Å²) in [4.78, 5) is 0. The van der Waals surface area contributed by atoms with E-state index in [1.165, 1.54) is 21.8 Å². The Morgan fingerprint density at radius 2 is 0.921 bits per heavy atom. The Morgan fingerprint density at radius 3 is 1.29 bits per heavy atom. The van der Waals surface area contributed by atoms with Gasteiger partial charge in [0.2, 0.25) is 0 Å². The van der Waals surface area contributed by atoms with Crippen LogP contribution in [0, 0.1) is 0 Å². The Kier molecular flexibility index (Phi) is 5.80. The number of methoxy groups -OCH3 is 2. The van der Waals surface area contributed by atoms with Crippen molar-refractivity contribution in [1.29, 1.82) is 0 Å². The first kappa shape index (κ1) is 23.7. The van der Waals surface area contributed by atoms with Crippen LogP contribution in [0.25, 0.3) is 49.9 Å². The minimum Gasteiger partial charge on any atom is -0.497 e. The van der Waals surface area contributed by atoms with E-state index in [9.17, 15) is 0 Å². The van der Waals surface area contributed by atoms with Crippen molar-refractivity contribution < 1.29 is 9.47 Å². The molecule has 0 N–H and O–H groups in total. The van der Waals surface area contributed by atoms with Crippen molar-refractivity contribution in [3.63, 3.8) is 0 Å². The average Bonchev–Trinajstić information content (AvgIpc) is 3.44. The summed E-state index contributed by atoms with van der Waals surface area (Å²) >= 11 is 0. The molecule has 4 aromatic carbocycles. The van der Waals surface area contributed by atoms with Crippen LogP contribution in [0.3, 0.4) is 0 Å². The standard InChI is InChI=1S/C34H30N2O2/c1-22(31-27-10-6-8-12-29(27)35(2)33(31)23-14-18-25(37-4)19-15-23)32-28-11-7-9-13-30(28)36(3)34(32)24-16-20-26(38-5)21-17-24/h6-21H,1H2,2-5H3. The van der Waals surface area contributed by atoms with Crippen LogP contribution in [0.5, 0.6) is 11.5 Å². The highest BCUT2D eigenvalue weighted by atomic mass is 16.5. The third-order valence-electron chi connectivity index (χ3n) is 7.54. The first-order valence-electron chi connectivity index (χ1n) is 12.7. The van der Waals surface area contributed by atoms with Crippen LogP contribution in [-0.4, -0.2) is 23.4 Å². The van der Waals surface area contributed by atoms with Gasteiger partial charge in [0.05, 0.1) is 25.6 Å². The van der Waals surface area contributed by atoms with Crippen LogP contribution in [0.4, 0.5) is 0 Å². The van der Waals surface area contributed by atoms with Crippen LogP contribution in [0.2, 0.25) is 0 Å². The van der Waals surface area contributed by atoms with Gasteiger partial charge in [0.1, 0.15) is 11.5 Å². The summed E-state index contributed by atoms with van der Waals surface area (Å²) in [5.41, 5.74) is 10.1. The molecule has 188 valence electrons. The first-order valence-corrected chi connectivity index (χ1v) is 12.7. The number of rotatable bonds is 6. The van der Waals surface area contributed by atoms with Gasteiger partial charge in [-0.15, -0.1) is 0 Å².